The fourth-order valence-corrected chi connectivity index (χ4v) is 1.66. The first-order valence-corrected chi connectivity index (χ1v) is 6.20. The Kier molecular flexibility index (Phi) is 4.21. The summed E-state index contributed by atoms with van der Waals surface area (Å²) in [7, 11) is 0. The number of aliphatic imine (C=N–C) groups is 1. The minimum Gasteiger partial charge on any atom is -0.335 e. The molecule has 0 aromatic heterocycles. The van der Waals surface area contributed by atoms with Crippen molar-refractivity contribution in [2.24, 2.45) is 4.99 Å². The number of thioether (sulfide) groups is 1. The van der Waals surface area contributed by atoms with E-state index in [9.17, 15) is 0 Å². The zero-order valence-electron chi connectivity index (χ0n) is 9.74. The van der Waals surface area contributed by atoms with Gasteiger partial charge in [0.2, 0.25) is 0 Å². The van der Waals surface area contributed by atoms with E-state index in [2.05, 4.69) is 31.1 Å². The number of rotatable bonds is 1. The molecule has 0 fully saturated rings. The largest absolute Gasteiger partial charge is 0.335 e. The van der Waals surface area contributed by atoms with Gasteiger partial charge in [-0.25, -0.2) is 0 Å². The van der Waals surface area contributed by atoms with E-state index in [1.807, 2.05) is 36.6 Å². The Morgan fingerprint density at radius 3 is 2.27 bits per heavy atom. The smallest absolute Gasteiger partial charge is 0.161 e. The highest BCUT2D eigenvalue weighted by Crippen LogP contribution is 2.14. The normalized spacial score (nSPS) is 12.7. The molecule has 2 nitrogen and oxygen atoms in total. The van der Waals surface area contributed by atoms with Crippen LogP contribution in [0, 0.1) is 0 Å². The number of nitrogens with zero attached hydrogens (tertiary/aromatic N) is 1. The first-order chi connectivity index (χ1) is 7.01. The molecule has 0 radical (unpaired) electrons. The van der Waals surface area contributed by atoms with Gasteiger partial charge in [-0.2, -0.15) is 0 Å². The van der Waals surface area contributed by atoms with Gasteiger partial charge in [0.25, 0.3) is 0 Å². The van der Waals surface area contributed by atoms with E-state index in [0.29, 0.717) is 0 Å². The zero-order valence-corrected chi connectivity index (χ0v) is 10.6. The Balaban J connectivity index is 2.75. The highest BCUT2D eigenvalue weighted by Gasteiger charge is 2.09. The molecule has 0 unspecified atom stereocenters. The number of hydrogen-bond acceptors (Lipinski definition) is 2. The molecule has 0 amide bonds. The molecule has 1 rings (SSSR count). The predicted molar refractivity (Wildman–Crippen MR) is 70.8 cm³/mol. The lowest BCUT2D eigenvalue weighted by Gasteiger charge is -2.15. The maximum absolute atomic E-state index is 4.59. The maximum Gasteiger partial charge on any atom is 0.161 e. The van der Waals surface area contributed by atoms with Crippen LogP contribution >= 0.6 is 11.8 Å². The van der Waals surface area contributed by atoms with Crippen LogP contribution in [0.1, 0.15) is 20.8 Å². The molecule has 1 N–H and O–H groups in total. The molecular weight excluding hydrogens is 204 g/mol. The highest BCUT2D eigenvalue weighted by atomic mass is 32.2. The van der Waals surface area contributed by atoms with E-state index in [1.54, 1.807) is 11.8 Å². The third-order valence-corrected chi connectivity index (χ3v) is 2.24. The molecule has 0 spiro atoms. The summed E-state index contributed by atoms with van der Waals surface area (Å²) in [5.74, 6) is 0. The van der Waals surface area contributed by atoms with Crippen LogP contribution in [-0.2, 0) is 0 Å². The van der Waals surface area contributed by atoms with Gasteiger partial charge in [0, 0.05) is 5.69 Å². The van der Waals surface area contributed by atoms with E-state index in [-0.39, 0.29) is 5.54 Å². The van der Waals surface area contributed by atoms with Crippen LogP contribution in [0.4, 0.5) is 5.69 Å². The third kappa shape index (κ3) is 4.88. The zero-order chi connectivity index (χ0) is 11.3. The van der Waals surface area contributed by atoms with E-state index >= 15 is 0 Å². The van der Waals surface area contributed by atoms with Crippen molar-refractivity contribution >= 4 is 22.6 Å². The molecule has 0 aliphatic rings. The van der Waals surface area contributed by atoms with E-state index in [0.717, 1.165) is 10.9 Å². The first-order valence-electron chi connectivity index (χ1n) is 4.97. The highest BCUT2D eigenvalue weighted by molar-refractivity contribution is 8.13. The number of hydrogen-bond donors (Lipinski definition) is 1. The van der Waals surface area contributed by atoms with Crippen molar-refractivity contribution in [3.05, 3.63) is 30.3 Å². The average Bonchev–Trinajstić information content (AvgIpc) is 2.16. The van der Waals surface area contributed by atoms with Crippen LogP contribution in [-0.4, -0.2) is 17.0 Å². The fraction of sp³-hybridized carbons (Fsp3) is 0.417. The van der Waals surface area contributed by atoms with Crippen LogP contribution < -0.4 is 5.32 Å². The maximum atomic E-state index is 4.59. The summed E-state index contributed by atoms with van der Waals surface area (Å²) in [6, 6.07) is 10.1. The van der Waals surface area contributed by atoms with Crippen LogP contribution in [0.3, 0.4) is 0 Å². The molecule has 1 aromatic carbocycles. The second-order valence-electron chi connectivity index (χ2n) is 4.28. The van der Waals surface area contributed by atoms with Gasteiger partial charge in [-0.3, -0.25) is 4.99 Å². The van der Waals surface area contributed by atoms with Crippen LogP contribution in [0.5, 0.6) is 0 Å². The van der Waals surface area contributed by atoms with E-state index in [1.165, 1.54) is 0 Å². The molecule has 0 aliphatic carbocycles. The van der Waals surface area contributed by atoms with Crippen molar-refractivity contribution in [2.45, 2.75) is 26.3 Å². The lowest BCUT2D eigenvalue weighted by Crippen LogP contribution is -2.17. The van der Waals surface area contributed by atoms with E-state index in [4.69, 9.17) is 0 Å². The van der Waals surface area contributed by atoms with Crippen molar-refractivity contribution < 1.29 is 0 Å². The van der Waals surface area contributed by atoms with Gasteiger partial charge in [0.05, 0.1) is 5.54 Å². The minimum atomic E-state index is -0.0415. The third-order valence-electron chi connectivity index (χ3n) is 1.66. The van der Waals surface area contributed by atoms with Crippen molar-refractivity contribution in [3.8, 4) is 0 Å². The van der Waals surface area contributed by atoms with Crippen molar-refractivity contribution in [2.75, 3.05) is 11.6 Å². The van der Waals surface area contributed by atoms with Gasteiger partial charge in [-0.05, 0) is 39.2 Å². The number of nitrogens with one attached hydrogen (secondary N) is 1. The lowest BCUT2D eigenvalue weighted by atomic mass is 10.1. The Morgan fingerprint density at radius 2 is 1.80 bits per heavy atom. The minimum absolute atomic E-state index is 0.0415. The summed E-state index contributed by atoms with van der Waals surface area (Å²) in [6.45, 7) is 6.28. The van der Waals surface area contributed by atoms with Gasteiger partial charge in [0.1, 0.15) is 0 Å². The average molecular weight is 222 g/mol. The number of para-hydroxylation sites is 1. The Hall–Kier alpha value is -0.960. The molecule has 0 atom stereocenters. The molecule has 0 heterocycles. The van der Waals surface area contributed by atoms with Gasteiger partial charge >= 0.3 is 0 Å². The molecular formula is C12H18N2S. The van der Waals surface area contributed by atoms with Crippen LogP contribution in [0.15, 0.2) is 35.3 Å². The van der Waals surface area contributed by atoms with Gasteiger partial charge in [-0.15, -0.1) is 0 Å². The summed E-state index contributed by atoms with van der Waals surface area (Å²) in [6.07, 6.45) is 2.03. The lowest BCUT2D eigenvalue weighted by molar-refractivity contribution is 0.585. The Labute approximate surface area is 96.2 Å². The van der Waals surface area contributed by atoms with Gasteiger partial charge in [0.15, 0.2) is 5.17 Å². The molecule has 82 valence electrons. The van der Waals surface area contributed by atoms with Crippen molar-refractivity contribution in [1.82, 2.24) is 0 Å². The second-order valence-corrected chi connectivity index (χ2v) is 5.08. The second kappa shape index (κ2) is 5.21. The Morgan fingerprint density at radius 1 is 1.20 bits per heavy atom. The summed E-state index contributed by atoms with van der Waals surface area (Å²) < 4.78 is 0. The molecule has 15 heavy (non-hydrogen) atoms. The molecule has 0 aliphatic heterocycles. The quantitative estimate of drug-likeness (QED) is 0.580. The fourth-order valence-electron chi connectivity index (χ4n) is 1.07. The van der Waals surface area contributed by atoms with Crippen LogP contribution in [0.25, 0.3) is 0 Å². The number of amidine groups is 1. The number of anilines is 1. The topological polar surface area (TPSA) is 24.4 Å². The first kappa shape index (κ1) is 12.1. The standard InChI is InChI=1S/C12H18N2S/c1-12(2,3)14-11(15-4)13-10-8-6-5-7-9-10/h5-9H,1-4H3,(H,13,14). The van der Waals surface area contributed by atoms with Gasteiger partial charge in [-0.1, -0.05) is 30.0 Å². The monoisotopic (exact) mass is 222 g/mol. The van der Waals surface area contributed by atoms with Crippen molar-refractivity contribution in [1.29, 1.82) is 0 Å². The summed E-state index contributed by atoms with van der Waals surface area (Å²) in [5.41, 5.74) is 1.04. The Bertz CT molecular complexity index is 325. The molecule has 0 saturated carbocycles. The SMILES string of the molecule is CSC(=NC(C)(C)C)Nc1ccccc1. The number of benzene rings is 1. The molecule has 0 bridgehead atoms. The molecule has 3 heteroatoms. The summed E-state index contributed by atoms with van der Waals surface area (Å²) in [5, 5.41) is 4.25. The van der Waals surface area contributed by atoms with E-state index < -0.39 is 0 Å². The molecule has 1 aromatic rings. The summed E-state index contributed by atoms with van der Waals surface area (Å²) >= 11 is 1.63. The molecule has 0 saturated heterocycles. The van der Waals surface area contributed by atoms with Gasteiger partial charge < -0.3 is 5.32 Å². The summed E-state index contributed by atoms with van der Waals surface area (Å²) in [4.78, 5) is 4.59. The van der Waals surface area contributed by atoms with Crippen LogP contribution in [0.2, 0.25) is 0 Å². The van der Waals surface area contributed by atoms with Crippen molar-refractivity contribution in [3.63, 3.8) is 0 Å². The predicted octanol–water partition coefficient (Wildman–Crippen LogP) is 3.62.